The summed E-state index contributed by atoms with van der Waals surface area (Å²) in [7, 11) is 5.47. The minimum atomic E-state index is -5.08. The molecule has 0 bridgehead atoms. The number of hydrogen-bond donors (Lipinski definition) is 2. The number of alkyl halides is 6. The van der Waals surface area contributed by atoms with Crippen LogP contribution in [0.25, 0.3) is 0 Å². The van der Waals surface area contributed by atoms with Crippen LogP contribution in [0.1, 0.15) is 17.0 Å². The van der Waals surface area contributed by atoms with Gasteiger partial charge in [-0.25, -0.2) is 14.6 Å². The van der Waals surface area contributed by atoms with Crippen LogP contribution in [0.5, 0.6) is 5.75 Å². The Kier molecular flexibility index (Phi) is 13.2. The Balaban J connectivity index is 0.000000449. The molecule has 2 heterocycles. The first-order valence-electron chi connectivity index (χ1n) is 11.2. The van der Waals surface area contributed by atoms with Crippen molar-refractivity contribution in [1.82, 2.24) is 19.4 Å². The average Bonchev–Trinajstić information content (AvgIpc) is 3.24. The number of carboxylic acid groups (broad SMARTS) is 2. The smallest absolute Gasteiger partial charge is 0.490 e. The van der Waals surface area contributed by atoms with Crippen LogP contribution in [0.2, 0.25) is 0 Å². The summed E-state index contributed by atoms with van der Waals surface area (Å²) in [6.07, 6.45) is -6.29. The molecule has 0 unspecified atom stereocenters. The highest BCUT2D eigenvalue weighted by atomic mass is 19.4. The van der Waals surface area contributed by atoms with Gasteiger partial charge in [0.05, 0.1) is 20.3 Å². The summed E-state index contributed by atoms with van der Waals surface area (Å²) >= 11 is 0. The molecule has 1 aliphatic rings. The summed E-state index contributed by atoms with van der Waals surface area (Å²) in [5.74, 6) is -3.49. The predicted molar refractivity (Wildman–Crippen MR) is 125 cm³/mol. The molecule has 10 nitrogen and oxygen atoms in total. The fourth-order valence-corrected chi connectivity index (χ4v) is 3.31. The van der Waals surface area contributed by atoms with Crippen LogP contribution in [0.3, 0.4) is 0 Å². The van der Waals surface area contributed by atoms with E-state index in [-0.39, 0.29) is 0 Å². The van der Waals surface area contributed by atoms with Crippen molar-refractivity contribution >= 4 is 11.9 Å². The molecule has 0 atom stereocenters. The van der Waals surface area contributed by atoms with Gasteiger partial charge >= 0.3 is 24.3 Å². The van der Waals surface area contributed by atoms with Gasteiger partial charge in [0.15, 0.2) is 0 Å². The Bertz CT molecular complexity index is 1030. The first kappa shape index (κ1) is 33.7. The van der Waals surface area contributed by atoms with E-state index in [1.165, 1.54) is 5.56 Å². The Morgan fingerprint density at radius 1 is 0.923 bits per heavy atom. The normalized spacial score (nSPS) is 14.5. The van der Waals surface area contributed by atoms with Crippen LogP contribution in [-0.2, 0) is 41.1 Å². The maximum atomic E-state index is 10.6. The summed E-state index contributed by atoms with van der Waals surface area (Å²) in [6, 6.07) is 6.39. The van der Waals surface area contributed by atoms with Gasteiger partial charge in [0.2, 0.25) is 0 Å². The fraction of sp³-hybridized carbons (Fsp3) is 0.522. The van der Waals surface area contributed by atoms with Crippen molar-refractivity contribution in [1.29, 1.82) is 0 Å². The summed E-state index contributed by atoms with van der Waals surface area (Å²) in [5.41, 5.74) is 2.42. The molecular weight excluding hydrogens is 542 g/mol. The number of aryl methyl sites for hydroxylation is 1. The van der Waals surface area contributed by atoms with Crippen LogP contribution < -0.4 is 4.74 Å². The molecule has 1 aromatic heterocycles. The second-order valence-corrected chi connectivity index (χ2v) is 8.19. The maximum absolute atomic E-state index is 10.6. The Morgan fingerprint density at radius 2 is 1.41 bits per heavy atom. The third-order valence-corrected chi connectivity index (χ3v) is 5.29. The predicted octanol–water partition coefficient (Wildman–Crippen LogP) is 3.16. The van der Waals surface area contributed by atoms with Crippen molar-refractivity contribution in [3.8, 4) is 5.75 Å². The number of piperazine rings is 1. The number of ether oxygens (including phenoxy) is 2. The number of rotatable bonds is 7. The van der Waals surface area contributed by atoms with Gasteiger partial charge in [-0.2, -0.15) is 26.3 Å². The lowest BCUT2D eigenvalue weighted by Gasteiger charge is -2.34. The van der Waals surface area contributed by atoms with Gasteiger partial charge in [-0.1, -0.05) is 6.07 Å². The van der Waals surface area contributed by atoms with Gasteiger partial charge in [-0.3, -0.25) is 9.80 Å². The molecule has 1 fully saturated rings. The lowest BCUT2D eigenvalue weighted by Crippen LogP contribution is -2.45. The van der Waals surface area contributed by atoms with Crippen LogP contribution >= 0.6 is 0 Å². The highest BCUT2D eigenvalue weighted by Crippen LogP contribution is 2.22. The summed E-state index contributed by atoms with van der Waals surface area (Å²) in [6.45, 7) is 6.79. The average molecular weight is 573 g/mol. The van der Waals surface area contributed by atoms with Gasteiger partial charge in [-0.15, -0.1) is 0 Å². The van der Waals surface area contributed by atoms with E-state index >= 15 is 0 Å². The topological polar surface area (TPSA) is 117 Å². The van der Waals surface area contributed by atoms with Crippen molar-refractivity contribution in [3.05, 3.63) is 47.5 Å². The van der Waals surface area contributed by atoms with Gasteiger partial charge in [0.1, 0.15) is 11.6 Å². The molecule has 220 valence electrons. The lowest BCUT2D eigenvalue weighted by molar-refractivity contribution is -0.193. The monoisotopic (exact) mass is 572 g/mol. The number of carboxylic acids is 2. The molecule has 1 saturated heterocycles. The van der Waals surface area contributed by atoms with Crippen LogP contribution in [0.4, 0.5) is 26.3 Å². The Morgan fingerprint density at radius 3 is 1.79 bits per heavy atom. The molecule has 0 aliphatic carbocycles. The second-order valence-electron chi connectivity index (χ2n) is 8.19. The summed E-state index contributed by atoms with van der Waals surface area (Å²) < 4.78 is 76.3. The molecule has 0 spiro atoms. The molecule has 16 heteroatoms. The Hall–Kier alpha value is -3.37. The fourth-order valence-electron chi connectivity index (χ4n) is 3.31. The molecule has 1 aromatic carbocycles. The number of carbonyl (C=O) groups is 2. The lowest BCUT2D eigenvalue weighted by atomic mass is 10.1. The zero-order valence-electron chi connectivity index (χ0n) is 21.4. The zero-order valence-corrected chi connectivity index (χ0v) is 21.4. The molecule has 0 amide bonds. The van der Waals surface area contributed by atoms with Crippen LogP contribution in [0.15, 0.2) is 30.6 Å². The first-order valence-corrected chi connectivity index (χ1v) is 11.2. The number of nitrogens with zero attached hydrogens (tertiary/aromatic N) is 4. The van der Waals surface area contributed by atoms with Crippen LogP contribution in [0, 0.1) is 0 Å². The molecular formula is C23H30F6N4O6. The van der Waals surface area contributed by atoms with E-state index in [0.717, 1.165) is 56.4 Å². The molecule has 0 saturated carbocycles. The molecule has 1 aliphatic heterocycles. The van der Waals surface area contributed by atoms with Gasteiger partial charge in [0, 0.05) is 64.8 Å². The number of imidazole rings is 1. The number of aliphatic carboxylic acids is 2. The highest BCUT2D eigenvalue weighted by Gasteiger charge is 2.38. The van der Waals surface area contributed by atoms with Gasteiger partial charge < -0.3 is 24.3 Å². The third-order valence-electron chi connectivity index (χ3n) is 5.29. The number of aromatic nitrogens is 2. The summed E-state index contributed by atoms with van der Waals surface area (Å²) in [4.78, 5) is 27.2. The highest BCUT2D eigenvalue weighted by molar-refractivity contribution is 5.73. The minimum Gasteiger partial charge on any atom is -0.496 e. The molecule has 2 N–H and O–H groups in total. The van der Waals surface area contributed by atoms with Crippen molar-refractivity contribution in [3.63, 3.8) is 0 Å². The van der Waals surface area contributed by atoms with E-state index in [2.05, 4.69) is 38.5 Å². The minimum absolute atomic E-state index is 0.578. The van der Waals surface area contributed by atoms with Gasteiger partial charge in [0.25, 0.3) is 0 Å². The quantitative estimate of drug-likeness (QED) is 0.483. The molecule has 2 aromatic rings. The molecule has 0 radical (unpaired) electrons. The largest absolute Gasteiger partial charge is 0.496 e. The van der Waals surface area contributed by atoms with Crippen molar-refractivity contribution in [2.45, 2.75) is 32.0 Å². The first-order chi connectivity index (χ1) is 18.1. The zero-order chi connectivity index (χ0) is 29.8. The number of hydrogen-bond acceptors (Lipinski definition) is 7. The third kappa shape index (κ3) is 12.4. The van der Waals surface area contributed by atoms with E-state index in [9.17, 15) is 26.3 Å². The second kappa shape index (κ2) is 15.3. The standard InChI is InChI=1S/C19H28N4O2.2C2HF3O2/c1-21-7-6-20-19(21)14-23-10-8-22(9-11-23)13-16-4-5-18(25-3)17(12-16)15-24-2;2*3-2(4,5)1(6)7/h4-7,12H,8-11,13-15H2,1-3H3;2*(H,6,7). The van der Waals surface area contributed by atoms with E-state index in [0.29, 0.717) is 6.61 Å². The van der Waals surface area contributed by atoms with E-state index in [1.807, 2.05) is 18.5 Å². The number of halogens is 6. The van der Waals surface area contributed by atoms with Crippen molar-refractivity contribution in [2.24, 2.45) is 7.05 Å². The van der Waals surface area contributed by atoms with Gasteiger partial charge in [-0.05, 0) is 17.7 Å². The SMILES string of the molecule is COCc1cc(CN2CCN(Cc3nccn3C)CC2)ccc1OC.O=C(O)C(F)(F)F.O=C(O)C(F)(F)F. The number of benzene rings is 1. The summed E-state index contributed by atoms with van der Waals surface area (Å²) in [5, 5.41) is 14.2. The Labute approximate surface area is 220 Å². The van der Waals surface area contributed by atoms with Crippen LogP contribution in [-0.4, -0.2) is 94.3 Å². The molecule has 3 rings (SSSR count). The molecule has 39 heavy (non-hydrogen) atoms. The van der Waals surface area contributed by atoms with E-state index in [1.54, 1.807) is 14.2 Å². The van der Waals surface area contributed by atoms with Crippen molar-refractivity contribution in [2.75, 3.05) is 40.4 Å². The van der Waals surface area contributed by atoms with E-state index < -0.39 is 24.3 Å². The van der Waals surface area contributed by atoms with Crippen molar-refractivity contribution < 1.29 is 55.6 Å². The number of methoxy groups -OCH3 is 2. The maximum Gasteiger partial charge on any atom is 0.490 e. The van der Waals surface area contributed by atoms with E-state index in [4.69, 9.17) is 29.3 Å².